The number of piperidine rings is 2. The van der Waals surface area contributed by atoms with Crippen molar-refractivity contribution < 1.29 is 0 Å². The Hall–Kier alpha value is -0.0800. The van der Waals surface area contributed by atoms with E-state index >= 15 is 0 Å². The lowest BCUT2D eigenvalue weighted by molar-refractivity contribution is -0.0122. The van der Waals surface area contributed by atoms with Gasteiger partial charge in [-0.3, -0.25) is 4.90 Å². The van der Waals surface area contributed by atoms with Crippen LogP contribution in [-0.4, -0.2) is 36.1 Å². The average molecular weight is 224 g/mol. The third-order valence-corrected chi connectivity index (χ3v) is 4.80. The van der Waals surface area contributed by atoms with Gasteiger partial charge in [-0.05, 0) is 45.6 Å². The van der Waals surface area contributed by atoms with Gasteiger partial charge < -0.3 is 5.32 Å². The molecule has 2 atom stereocenters. The minimum absolute atomic E-state index is 0.779. The lowest BCUT2D eigenvalue weighted by atomic mass is 9.80. The van der Waals surface area contributed by atoms with Crippen molar-refractivity contribution in [1.29, 1.82) is 0 Å². The average Bonchev–Trinajstić information content (AvgIpc) is 2.30. The first-order chi connectivity index (χ1) is 7.80. The first-order valence-corrected chi connectivity index (χ1v) is 7.24. The molecule has 0 amide bonds. The highest BCUT2D eigenvalue weighted by atomic mass is 15.2. The van der Waals surface area contributed by atoms with E-state index in [1.807, 2.05) is 0 Å². The van der Waals surface area contributed by atoms with Crippen molar-refractivity contribution in [3.8, 4) is 0 Å². The Morgan fingerprint density at radius 2 is 1.69 bits per heavy atom. The molecular weight excluding hydrogens is 196 g/mol. The molecular formula is C14H28N2. The van der Waals surface area contributed by atoms with Crippen molar-refractivity contribution in [2.24, 2.45) is 0 Å². The molecule has 2 nitrogen and oxygen atoms in total. The van der Waals surface area contributed by atoms with Gasteiger partial charge in [-0.25, -0.2) is 0 Å². The standard InChI is InChI=1S/C14H28N2/c1-4-12(5-2)16-13-7-6-8-14(16)10-11(9-13)15-3/h11-15H,4-10H2,1-3H3. The van der Waals surface area contributed by atoms with Crippen LogP contribution in [0.1, 0.15) is 58.8 Å². The van der Waals surface area contributed by atoms with Crippen LogP contribution in [0.2, 0.25) is 0 Å². The summed E-state index contributed by atoms with van der Waals surface area (Å²) in [6.45, 7) is 4.71. The van der Waals surface area contributed by atoms with E-state index in [-0.39, 0.29) is 0 Å². The first kappa shape index (κ1) is 12.4. The predicted octanol–water partition coefficient (Wildman–Crippen LogP) is 2.78. The van der Waals surface area contributed by atoms with Gasteiger partial charge in [0.2, 0.25) is 0 Å². The minimum atomic E-state index is 0.779. The molecule has 2 unspecified atom stereocenters. The van der Waals surface area contributed by atoms with Gasteiger partial charge in [0.1, 0.15) is 0 Å². The van der Waals surface area contributed by atoms with Crippen molar-refractivity contribution in [3.63, 3.8) is 0 Å². The van der Waals surface area contributed by atoms with Gasteiger partial charge in [-0.15, -0.1) is 0 Å². The molecule has 2 aliphatic heterocycles. The predicted molar refractivity (Wildman–Crippen MR) is 69.7 cm³/mol. The normalized spacial score (nSPS) is 35.6. The molecule has 0 aromatic heterocycles. The van der Waals surface area contributed by atoms with Crippen molar-refractivity contribution in [3.05, 3.63) is 0 Å². The zero-order valence-corrected chi connectivity index (χ0v) is 11.2. The number of nitrogens with one attached hydrogen (secondary N) is 1. The van der Waals surface area contributed by atoms with Gasteiger partial charge >= 0.3 is 0 Å². The summed E-state index contributed by atoms with van der Waals surface area (Å²) in [7, 11) is 2.13. The summed E-state index contributed by atoms with van der Waals surface area (Å²) in [6, 6.07) is 3.36. The molecule has 16 heavy (non-hydrogen) atoms. The third-order valence-electron chi connectivity index (χ3n) is 4.80. The fourth-order valence-electron chi connectivity index (χ4n) is 3.96. The maximum absolute atomic E-state index is 3.50. The molecule has 0 saturated carbocycles. The van der Waals surface area contributed by atoms with E-state index in [2.05, 4.69) is 31.1 Å². The summed E-state index contributed by atoms with van der Waals surface area (Å²) in [6.07, 6.45) is 9.74. The minimum Gasteiger partial charge on any atom is -0.317 e. The van der Waals surface area contributed by atoms with E-state index in [1.165, 1.54) is 44.9 Å². The zero-order valence-electron chi connectivity index (χ0n) is 11.2. The molecule has 0 radical (unpaired) electrons. The molecule has 0 aromatic carbocycles. The van der Waals surface area contributed by atoms with E-state index in [1.54, 1.807) is 0 Å². The van der Waals surface area contributed by atoms with Crippen LogP contribution in [0, 0.1) is 0 Å². The van der Waals surface area contributed by atoms with E-state index in [0.29, 0.717) is 0 Å². The lowest BCUT2D eigenvalue weighted by Gasteiger charge is -2.52. The highest BCUT2D eigenvalue weighted by molar-refractivity contribution is 4.96. The number of hydrogen-bond acceptors (Lipinski definition) is 2. The maximum Gasteiger partial charge on any atom is 0.0116 e. The molecule has 94 valence electrons. The Morgan fingerprint density at radius 3 is 2.12 bits per heavy atom. The van der Waals surface area contributed by atoms with Gasteiger partial charge in [0, 0.05) is 24.2 Å². The van der Waals surface area contributed by atoms with Crippen LogP contribution in [0.4, 0.5) is 0 Å². The molecule has 2 aliphatic rings. The second kappa shape index (κ2) is 5.50. The summed E-state index contributed by atoms with van der Waals surface area (Å²) < 4.78 is 0. The van der Waals surface area contributed by atoms with Crippen LogP contribution < -0.4 is 5.32 Å². The second-order valence-corrected chi connectivity index (χ2v) is 5.61. The largest absolute Gasteiger partial charge is 0.317 e. The summed E-state index contributed by atoms with van der Waals surface area (Å²) in [5, 5.41) is 3.50. The fourth-order valence-corrected chi connectivity index (χ4v) is 3.96. The Balaban J connectivity index is 2.08. The van der Waals surface area contributed by atoms with Crippen LogP contribution in [0.25, 0.3) is 0 Å². The molecule has 2 fully saturated rings. The van der Waals surface area contributed by atoms with E-state index < -0.39 is 0 Å². The summed E-state index contributed by atoms with van der Waals surface area (Å²) in [5.74, 6) is 0. The Kier molecular flexibility index (Phi) is 4.26. The van der Waals surface area contributed by atoms with Gasteiger partial charge in [0.25, 0.3) is 0 Å². The van der Waals surface area contributed by atoms with Gasteiger partial charge in [0.15, 0.2) is 0 Å². The SMILES string of the molecule is CCC(CC)N1C2CCCC1CC(NC)C2. The van der Waals surface area contributed by atoms with Gasteiger partial charge in [-0.2, -0.15) is 0 Å². The molecule has 2 heteroatoms. The Bertz CT molecular complexity index is 199. The number of hydrogen-bond donors (Lipinski definition) is 1. The smallest absolute Gasteiger partial charge is 0.0116 e. The van der Waals surface area contributed by atoms with Crippen LogP contribution in [0.5, 0.6) is 0 Å². The molecule has 2 bridgehead atoms. The molecule has 2 rings (SSSR count). The highest BCUT2D eigenvalue weighted by Crippen LogP contribution is 2.36. The van der Waals surface area contributed by atoms with E-state index in [0.717, 1.165) is 24.2 Å². The Morgan fingerprint density at radius 1 is 1.12 bits per heavy atom. The molecule has 1 N–H and O–H groups in total. The fraction of sp³-hybridized carbons (Fsp3) is 1.00. The summed E-state index contributed by atoms with van der Waals surface area (Å²) >= 11 is 0. The molecule has 2 saturated heterocycles. The topological polar surface area (TPSA) is 15.3 Å². The monoisotopic (exact) mass is 224 g/mol. The summed E-state index contributed by atoms with van der Waals surface area (Å²) in [5.41, 5.74) is 0. The molecule has 2 heterocycles. The van der Waals surface area contributed by atoms with Gasteiger partial charge in [-0.1, -0.05) is 20.3 Å². The second-order valence-electron chi connectivity index (χ2n) is 5.61. The van der Waals surface area contributed by atoms with Crippen LogP contribution in [0.3, 0.4) is 0 Å². The molecule has 0 spiro atoms. The molecule has 0 aliphatic carbocycles. The number of nitrogens with zero attached hydrogens (tertiary/aromatic N) is 1. The van der Waals surface area contributed by atoms with Crippen molar-refractivity contribution in [2.45, 2.75) is 83.0 Å². The lowest BCUT2D eigenvalue weighted by Crippen LogP contribution is -2.59. The molecule has 0 aromatic rings. The number of fused-ring (bicyclic) bond motifs is 2. The summed E-state index contributed by atoms with van der Waals surface area (Å²) in [4.78, 5) is 2.89. The number of rotatable bonds is 4. The third kappa shape index (κ3) is 2.28. The quantitative estimate of drug-likeness (QED) is 0.790. The van der Waals surface area contributed by atoms with Crippen LogP contribution in [-0.2, 0) is 0 Å². The highest BCUT2D eigenvalue weighted by Gasteiger charge is 2.39. The maximum atomic E-state index is 3.50. The van der Waals surface area contributed by atoms with E-state index in [4.69, 9.17) is 0 Å². The first-order valence-electron chi connectivity index (χ1n) is 7.24. The van der Waals surface area contributed by atoms with Crippen LogP contribution >= 0.6 is 0 Å². The Labute approximate surface area is 101 Å². The van der Waals surface area contributed by atoms with Crippen molar-refractivity contribution in [2.75, 3.05) is 7.05 Å². The van der Waals surface area contributed by atoms with E-state index in [9.17, 15) is 0 Å². The van der Waals surface area contributed by atoms with Crippen molar-refractivity contribution in [1.82, 2.24) is 10.2 Å². The van der Waals surface area contributed by atoms with Gasteiger partial charge in [0.05, 0.1) is 0 Å². The van der Waals surface area contributed by atoms with Crippen molar-refractivity contribution >= 4 is 0 Å². The zero-order chi connectivity index (χ0) is 11.5. The van der Waals surface area contributed by atoms with Crippen LogP contribution in [0.15, 0.2) is 0 Å².